The maximum atomic E-state index is 2.65. The molecule has 0 bridgehead atoms. The monoisotopic (exact) mass is 770 g/mol. The van der Waals surface area contributed by atoms with Crippen LogP contribution in [-0.4, -0.2) is 6.04 Å². The molecule has 11 rings (SSSR count). The molecule has 1 heterocycles. The summed E-state index contributed by atoms with van der Waals surface area (Å²) >= 11 is 0. The first-order valence-electron chi connectivity index (χ1n) is 21.5. The number of benzene rings is 9. The van der Waals surface area contributed by atoms with E-state index >= 15 is 0 Å². The van der Waals surface area contributed by atoms with Gasteiger partial charge in [0.2, 0.25) is 0 Å². The zero-order valence-electron chi connectivity index (χ0n) is 33.7. The van der Waals surface area contributed by atoms with Crippen molar-refractivity contribution in [3.05, 3.63) is 224 Å². The van der Waals surface area contributed by atoms with E-state index in [0.29, 0.717) is 12.0 Å². The van der Waals surface area contributed by atoms with Gasteiger partial charge in [-0.3, -0.25) is 0 Å². The topological polar surface area (TPSA) is 6.48 Å². The summed E-state index contributed by atoms with van der Waals surface area (Å²) < 4.78 is 0. The lowest BCUT2D eigenvalue weighted by atomic mass is 9.79. The molecule has 2 nitrogen and oxygen atoms in total. The average Bonchev–Trinajstić information content (AvgIpc) is 3.67. The van der Waals surface area contributed by atoms with Crippen LogP contribution in [0.25, 0.3) is 55.3 Å². The van der Waals surface area contributed by atoms with E-state index in [0.717, 1.165) is 17.1 Å². The predicted molar refractivity (Wildman–Crippen MR) is 254 cm³/mol. The lowest BCUT2D eigenvalue weighted by Crippen LogP contribution is -2.32. The van der Waals surface area contributed by atoms with Crippen LogP contribution in [0.1, 0.15) is 37.2 Å². The Morgan fingerprint density at radius 1 is 0.367 bits per heavy atom. The van der Waals surface area contributed by atoms with Gasteiger partial charge in [-0.05, 0) is 140 Å². The Kier molecular flexibility index (Phi) is 9.32. The van der Waals surface area contributed by atoms with Crippen LogP contribution in [0.5, 0.6) is 0 Å². The van der Waals surface area contributed by atoms with E-state index in [4.69, 9.17) is 0 Å². The highest BCUT2D eigenvalue weighted by molar-refractivity contribution is 5.92. The molecular weight excluding hydrogens is 725 g/mol. The first kappa shape index (κ1) is 36.0. The molecular formula is C58H46N2. The molecule has 288 valence electrons. The van der Waals surface area contributed by atoms with Crippen molar-refractivity contribution < 1.29 is 0 Å². The summed E-state index contributed by atoms with van der Waals surface area (Å²) in [6, 6.07) is 80.9. The molecule has 0 amide bonds. The first-order valence-corrected chi connectivity index (χ1v) is 21.5. The van der Waals surface area contributed by atoms with Crippen LogP contribution < -0.4 is 9.80 Å². The van der Waals surface area contributed by atoms with Crippen LogP contribution in [-0.2, 0) is 0 Å². The van der Waals surface area contributed by atoms with Gasteiger partial charge in [0.1, 0.15) is 0 Å². The summed E-state index contributed by atoms with van der Waals surface area (Å²) in [5, 5.41) is 2.45. The SMILES string of the molecule is c1ccc(-c2cc(-c3ccccc3)cc(N(c3cccc(-c4cccc(-c5cccc6c5C5CCCCC5N6c5ccccc5)c4)c3)c3ccc4ccccc4c3)c2)cc1. The summed E-state index contributed by atoms with van der Waals surface area (Å²) in [7, 11) is 0. The molecule has 1 aliphatic heterocycles. The van der Waals surface area contributed by atoms with Gasteiger partial charge in [-0.1, -0.05) is 165 Å². The minimum absolute atomic E-state index is 0.501. The van der Waals surface area contributed by atoms with Crippen molar-refractivity contribution >= 4 is 39.2 Å². The Morgan fingerprint density at radius 3 is 1.67 bits per heavy atom. The molecule has 1 saturated carbocycles. The number of hydrogen-bond acceptors (Lipinski definition) is 2. The zero-order chi connectivity index (χ0) is 39.8. The Hall–Kier alpha value is -7.16. The second-order valence-corrected chi connectivity index (χ2v) is 16.4. The molecule has 9 aromatic rings. The molecule has 1 fully saturated rings. The average molecular weight is 771 g/mol. The van der Waals surface area contributed by atoms with E-state index < -0.39 is 0 Å². The van der Waals surface area contributed by atoms with E-state index in [1.165, 1.54) is 97.9 Å². The molecule has 2 unspecified atom stereocenters. The number of para-hydroxylation sites is 1. The standard InChI is InChI=1S/C58H46N2/c1-4-17-41(18-5-1)48-36-49(42-19-6-2-7-20-42)40-53(39-48)59(52-34-33-43-21-10-11-22-45(43)37-52)51-28-15-24-46(38-51)44-23-14-25-47(35-44)54-30-16-32-57-58(54)55-29-12-13-31-56(55)60(57)50-26-8-3-9-27-50/h1-11,14-28,30,32-40,55-56H,12-13,29,31H2. The lowest BCUT2D eigenvalue weighted by molar-refractivity contribution is 0.402. The van der Waals surface area contributed by atoms with Gasteiger partial charge in [0.25, 0.3) is 0 Å². The van der Waals surface area contributed by atoms with Crippen molar-refractivity contribution in [2.45, 2.75) is 37.6 Å². The number of anilines is 5. The van der Waals surface area contributed by atoms with Gasteiger partial charge in [0.15, 0.2) is 0 Å². The third-order valence-corrected chi connectivity index (χ3v) is 12.8. The quantitative estimate of drug-likeness (QED) is 0.152. The van der Waals surface area contributed by atoms with E-state index in [9.17, 15) is 0 Å². The van der Waals surface area contributed by atoms with Crippen molar-refractivity contribution in [3.8, 4) is 44.5 Å². The third kappa shape index (κ3) is 6.65. The molecule has 0 saturated heterocycles. The van der Waals surface area contributed by atoms with Crippen molar-refractivity contribution in [1.29, 1.82) is 0 Å². The van der Waals surface area contributed by atoms with Gasteiger partial charge >= 0.3 is 0 Å². The maximum absolute atomic E-state index is 2.65. The summed E-state index contributed by atoms with van der Waals surface area (Å²) in [4.78, 5) is 5.08. The van der Waals surface area contributed by atoms with Crippen LogP contribution in [0, 0.1) is 0 Å². The van der Waals surface area contributed by atoms with Crippen molar-refractivity contribution in [3.63, 3.8) is 0 Å². The molecule has 0 spiro atoms. The number of hydrogen-bond donors (Lipinski definition) is 0. The van der Waals surface area contributed by atoms with Gasteiger partial charge in [-0.2, -0.15) is 0 Å². The van der Waals surface area contributed by atoms with Crippen LogP contribution in [0.2, 0.25) is 0 Å². The molecule has 60 heavy (non-hydrogen) atoms. The highest BCUT2D eigenvalue weighted by Gasteiger charge is 2.41. The Morgan fingerprint density at radius 2 is 0.917 bits per heavy atom. The Bertz CT molecular complexity index is 2900. The fraction of sp³-hybridized carbons (Fsp3) is 0.103. The second kappa shape index (κ2) is 15.5. The molecule has 9 aromatic carbocycles. The second-order valence-electron chi connectivity index (χ2n) is 16.4. The van der Waals surface area contributed by atoms with Crippen molar-refractivity contribution in [2.24, 2.45) is 0 Å². The van der Waals surface area contributed by atoms with E-state index in [1.54, 1.807) is 0 Å². The summed E-state index contributed by atoms with van der Waals surface area (Å²) in [6.07, 6.45) is 5.05. The van der Waals surface area contributed by atoms with Crippen LogP contribution in [0.3, 0.4) is 0 Å². The Balaban J connectivity index is 1.04. The molecule has 2 aliphatic rings. The van der Waals surface area contributed by atoms with Gasteiger partial charge in [0, 0.05) is 40.4 Å². The minimum atomic E-state index is 0.501. The van der Waals surface area contributed by atoms with Crippen LogP contribution in [0.4, 0.5) is 28.4 Å². The summed E-state index contributed by atoms with van der Waals surface area (Å²) in [6.45, 7) is 0. The molecule has 2 heteroatoms. The molecule has 0 aromatic heterocycles. The fourth-order valence-electron chi connectivity index (χ4n) is 10.0. The van der Waals surface area contributed by atoms with Crippen LogP contribution >= 0.6 is 0 Å². The zero-order valence-corrected chi connectivity index (χ0v) is 33.7. The lowest BCUT2D eigenvalue weighted by Gasteiger charge is -2.33. The summed E-state index contributed by atoms with van der Waals surface area (Å²) in [5.74, 6) is 0.528. The Labute approximate surface area is 353 Å². The maximum Gasteiger partial charge on any atom is 0.0473 e. The number of fused-ring (bicyclic) bond motifs is 4. The van der Waals surface area contributed by atoms with Gasteiger partial charge < -0.3 is 9.80 Å². The van der Waals surface area contributed by atoms with Crippen molar-refractivity contribution in [1.82, 2.24) is 0 Å². The minimum Gasteiger partial charge on any atom is -0.337 e. The first-order chi connectivity index (χ1) is 29.7. The summed E-state index contributed by atoms with van der Waals surface area (Å²) in [5.41, 5.74) is 17.4. The molecule has 0 radical (unpaired) electrons. The normalized spacial score (nSPS) is 15.7. The molecule has 1 aliphatic carbocycles. The van der Waals surface area contributed by atoms with Gasteiger partial charge in [0.05, 0.1) is 0 Å². The van der Waals surface area contributed by atoms with E-state index in [1.807, 2.05) is 0 Å². The molecule has 2 atom stereocenters. The number of rotatable bonds is 8. The molecule has 0 N–H and O–H groups in total. The smallest absolute Gasteiger partial charge is 0.0473 e. The van der Waals surface area contributed by atoms with Crippen LogP contribution in [0.15, 0.2) is 218 Å². The van der Waals surface area contributed by atoms with Gasteiger partial charge in [-0.15, -0.1) is 0 Å². The highest BCUT2D eigenvalue weighted by Crippen LogP contribution is 2.54. The largest absolute Gasteiger partial charge is 0.337 e. The van der Waals surface area contributed by atoms with Crippen molar-refractivity contribution in [2.75, 3.05) is 9.80 Å². The highest BCUT2D eigenvalue weighted by atomic mass is 15.2. The number of nitrogens with zero attached hydrogens (tertiary/aromatic N) is 2. The van der Waals surface area contributed by atoms with E-state index in [2.05, 4.69) is 228 Å². The third-order valence-electron chi connectivity index (χ3n) is 12.8. The van der Waals surface area contributed by atoms with Gasteiger partial charge in [-0.25, -0.2) is 0 Å². The fourth-order valence-corrected chi connectivity index (χ4v) is 10.0. The predicted octanol–water partition coefficient (Wildman–Crippen LogP) is 16.2. The van der Waals surface area contributed by atoms with E-state index in [-0.39, 0.29) is 0 Å².